The second-order valence-electron chi connectivity index (χ2n) is 7.05. The third-order valence-electron chi connectivity index (χ3n) is 4.72. The Morgan fingerprint density at radius 3 is 2.38 bits per heavy atom. The van der Waals surface area contributed by atoms with Crippen LogP contribution in [0, 0.1) is 6.92 Å². The van der Waals surface area contributed by atoms with E-state index >= 15 is 0 Å². The van der Waals surface area contributed by atoms with E-state index in [4.69, 9.17) is 0 Å². The van der Waals surface area contributed by atoms with Gasteiger partial charge >= 0.3 is 0 Å². The molecule has 1 N–H and O–H groups in total. The first kappa shape index (κ1) is 16.5. The first-order valence-electron chi connectivity index (χ1n) is 7.97. The quantitative estimate of drug-likeness (QED) is 0.890. The maximum Gasteiger partial charge on any atom is 0.0641 e. The molecule has 0 amide bonds. The van der Waals surface area contributed by atoms with E-state index in [1.165, 1.54) is 18.7 Å². The maximum absolute atomic E-state index is 4.44. The van der Waals surface area contributed by atoms with Crippen molar-refractivity contribution in [2.45, 2.75) is 39.3 Å². The van der Waals surface area contributed by atoms with Crippen molar-refractivity contribution in [2.75, 3.05) is 39.8 Å². The van der Waals surface area contributed by atoms with Crippen LogP contribution in [-0.4, -0.2) is 64.9 Å². The van der Waals surface area contributed by atoms with Crippen molar-refractivity contribution in [1.82, 2.24) is 24.9 Å². The molecular weight excluding hydrogens is 262 g/mol. The second kappa shape index (κ2) is 6.46. The van der Waals surface area contributed by atoms with Gasteiger partial charge in [-0.25, -0.2) is 0 Å². The van der Waals surface area contributed by atoms with Crippen molar-refractivity contribution in [3.05, 3.63) is 17.5 Å². The normalized spacial score (nSPS) is 19.9. The monoisotopic (exact) mass is 293 g/mol. The molecule has 0 aromatic carbocycles. The van der Waals surface area contributed by atoms with Crippen molar-refractivity contribution in [2.24, 2.45) is 7.05 Å². The van der Waals surface area contributed by atoms with E-state index in [9.17, 15) is 0 Å². The number of nitrogens with one attached hydrogen (secondary N) is 1. The highest BCUT2D eigenvalue weighted by atomic mass is 15.3. The fraction of sp³-hybridized carbons (Fsp3) is 0.812. The van der Waals surface area contributed by atoms with Crippen LogP contribution in [0.2, 0.25) is 0 Å². The van der Waals surface area contributed by atoms with Gasteiger partial charge in [0.1, 0.15) is 0 Å². The minimum Gasteiger partial charge on any atom is -0.308 e. The van der Waals surface area contributed by atoms with Gasteiger partial charge in [0.25, 0.3) is 0 Å². The molecule has 1 aliphatic heterocycles. The molecule has 1 aliphatic rings. The third kappa shape index (κ3) is 4.05. The van der Waals surface area contributed by atoms with E-state index in [0.717, 1.165) is 25.3 Å². The number of hydrogen-bond donors (Lipinski definition) is 1. The van der Waals surface area contributed by atoms with Crippen LogP contribution in [0.3, 0.4) is 0 Å². The zero-order valence-corrected chi connectivity index (χ0v) is 14.5. The summed E-state index contributed by atoms with van der Waals surface area (Å²) in [5, 5.41) is 8.13. The van der Waals surface area contributed by atoms with E-state index < -0.39 is 0 Å². The smallest absolute Gasteiger partial charge is 0.0641 e. The van der Waals surface area contributed by atoms with Gasteiger partial charge in [-0.2, -0.15) is 5.10 Å². The minimum atomic E-state index is 0.186. The topological polar surface area (TPSA) is 36.3 Å². The van der Waals surface area contributed by atoms with Crippen LogP contribution in [-0.2, 0) is 7.05 Å². The molecule has 0 bridgehead atoms. The maximum atomic E-state index is 4.44. The summed E-state index contributed by atoms with van der Waals surface area (Å²) in [6, 6.07) is 0.338. The molecule has 1 unspecified atom stereocenters. The molecule has 0 radical (unpaired) electrons. The molecule has 1 aromatic rings. The number of likely N-dealkylation sites (N-methyl/N-ethyl adjacent to an activating group) is 1. The SMILES string of the molecule is Cc1nn(C)cc1C(C)NCC(C)(C)N1CCN(C)CC1. The fourth-order valence-electron chi connectivity index (χ4n) is 3.08. The first-order valence-corrected chi connectivity index (χ1v) is 7.97. The van der Waals surface area contributed by atoms with Crippen molar-refractivity contribution in [1.29, 1.82) is 0 Å². The number of piperazine rings is 1. The van der Waals surface area contributed by atoms with Gasteiger partial charge in [0.15, 0.2) is 0 Å². The molecule has 5 heteroatoms. The third-order valence-corrected chi connectivity index (χ3v) is 4.72. The molecule has 0 saturated carbocycles. The lowest BCUT2D eigenvalue weighted by Gasteiger charge is -2.43. The van der Waals surface area contributed by atoms with Crippen LogP contribution < -0.4 is 5.32 Å². The lowest BCUT2D eigenvalue weighted by Crippen LogP contribution is -2.57. The van der Waals surface area contributed by atoms with E-state index in [1.807, 2.05) is 11.7 Å². The van der Waals surface area contributed by atoms with Gasteiger partial charge < -0.3 is 10.2 Å². The van der Waals surface area contributed by atoms with Crippen LogP contribution in [0.25, 0.3) is 0 Å². The highest BCUT2D eigenvalue weighted by molar-refractivity contribution is 5.19. The van der Waals surface area contributed by atoms with E-state index in [1.54, 1.807) is 0 Å². The summed E-state index contributed by atoms with van der Waals surface area (Å²) in [6.07, 6.45) is 2.12. The lowest BCUT2D eigenvalue weighted by atomic mass is 10.00. The standard InChI is InChI=1S/C16H31N5/c1-13(15-11-20(6)18-14(15)2)17-12-16(3,4)21-9-7-19(5)8-10-21/h11,13,17H,7-10,12H2,1-6H3. The fourth-order valence-corrected chi connectivity index (χ4v) is 3.08. The lowest BCUT2D eigenvalue weighted by molar-refractivity contribution is 0.0604. The summed E-state index contributed by atoms with van der Waals surface area (Å²) in [4.78, 5) is 5.00. The van der Waals surface area contributed by atoms with Crippen molar-refractivity contribution in [3.63, 3.8) is 0 Å². The van der Waals surface area contributed by atoms with E-state index in [0.29, 0.717) is 6.04 Å². The highest BCUT2D eigenvalue weighted by Gasteiger charge is 2.29. The number of aromatic nitrogens is 2. The summed E-state index contributed by atoms with van der Waals surface area (Å²) in [7, 11) is 4.19. The predicted molar refractivity (Wildman–Crippen MR) is 87.5 cm³/mol. The van der Waals surface area contributed by atoms with E-state index in [-0.39, 0.29) is 5.54 Å². The average Bonchev–Trinajstić information content (AvgIpc) is 2.76. The number of nitrogens with zero attached hydrogens (tertiary/aromatic N) is 4. The van der Waals surface area contributed by atoms with Crippen molar-refractivity contribution in [3.8, 4) is 0 Å². The molecular formula is C16H31N5. The van der Waals surface area contributed by atoms with Gasteiger partial charge in [0.05, 0.1) is 5.69 Å². The van der Waals surface area contributed by atoms with E-state index in [2.05, 4.69) is 61.2 Å². The molecule has 0 aliphatic carbocycles. The van der Waals surface area contributed by atoms with Crippen LogP contribution in [0.5, 0.6) is 0 Å². The van der Waals surface area contributed by atoms with Crippen LogP contribution in [0.15, 0.2) is 6.20 Å². The van der Waals surface area contributed by atoms with Crippen LogP contribution >= 0.6 is 0 Å². The zero-order valence-electron chi connectivity index (χ0n) is 14.5. The van der Waals surface area contributed by atoms with Gasteiger partial charge in [-0.15, -0.1) is 0 Å². The van der Waals surface area contributed by atoms with Crippen molar-refractivity contribution < 1.29 is 0 Å². The molecule has 1 fully saturated rings. The minimum absolute atomic E-state index is 0.186. The Labute approximate surface area is 129 Å². The van der Waals surface area contributed by atoms with Gasteiger partial charge in [0, 0.05) is 63.1 Å². The Morgan fingerprint density at radius 1 is 1.24 bits per heavy atom. The van der Waals surface area contributed by atoms with Crippen molar-refractivity contribution >= 4 is 0 Å². The Kier molecular flexibility index (Phi) is 5.07. The summed E-state index contributed by atoms with van der Waals surface area (Å²) >= 11 is 0. The number of hydrogen-bond acceptors (Lipinski definition) is 4. The molecule has 1 saturated heterocycles. The predicted octanol–water partition coefficient (Wildman–Crippen LogP) is 1.41. The molecule has 21 heavy (non-hydrogen) atoms. The van der Waals surface area contributed by atoms with Gasteiger partial charge in [-0.3, -0.25) is 9.58 Å². The highest BCUT2D eigenvalue weighted by Crippen LogP contribution is 2.19. The second-order valence-corrected chi connectivity index (χ2v) is 7.05. The van der Waals surface area contributed by atoms with Crippen LogP contribution in [0.1, 0.15) is 38.1 Å². The molecule has 5 nitrogen and oxygen atoms in total. The molecule has 1 atom stereocenters. The molecule has 120 valence electrons. The Balaban J connectivity index is 1.90. The molecule has 2 heterocycles. The molecule has 0 spiro atoms. The Hall–Kier alpha value is -0.910. The first-order chi connectivity index (χ1) is 9.79. The average molecular weight is 293 g/mol. The summed E-state index contributed by atoms with van der Waals surface area (Å²) in [5.74, 6) is 0. The van der Waals surface area contributed by atoms with Crippen LogP contribution in [0.4, 0.5) is 0 Å². The van der Waals surface area contributed by atoms with Gasteiger partial charge in [-0.05, 0) is 34.7 Å². The summed E-state index contributed by atoms with van der Waals surface area (Å²) in [5.41, 5.74) is 2.60. The number of rotatable bonds is 5. The van der Waals surface area contributed by atoms with Gasteiger partial charge in [-0.1, -0.05) is 0 Å². The Bertz CT molecular complexity index is 457. The number of aryl methyl sites for hydroxylation is 2. The van der Waals surface area contributed by atoms with Gasteiger partial charge in [0.2, 0.25) is 0 Å². The zero-order chi connectivity index (χ0) is 15.6. The Morgan fingerprint density at radius 2 is 1.86 bits per heavy atom. The molecule has 1 aromatic heterocycles. The summed E-state index contributed by atoms with van der Waals surface area (Å²) in [6.45, 7) is 14.6. The molecule has 2 rings (SSSR count). The largest absolute Gasteiger partial charge is 0.308 e. The summed E-state index contributed by atoms with van der Waals surface area (Å²) < 4.78 is 1.90.